The van der Waals surface area contributed by atoms with E-state index in [1.54, 1.807) is 6.07 Å². The fourth-order valence-electron chi connectivity index (χ4n) is 1.89. The number of nitrogens with zero attached hydrogens (tertiary/aromatic N) is 2. The van der Waals surface area contributed by atoms with Gasteiger partial charge in [-0.05, 0) is 25.0 Å². The molecule has 1 fully saturated rings. The van der Waals surface area contributed by atoms with Crippen molar-refractivity contribution in [2.45, 2.75) is 18.8 Å². The zero-order chi connectivity index (χ0) is 11.1. The van der Waals surface area contributed by atoms with Crippen molar-refractivity contribution in [1.29, 1.82) is 0 Å². The minimum absolute atomic E-state index is 0.308. The highest BCUT2D eigenvalue weighted by atomic mass is 16.5. The van der Waals surface area contributed by atoms with Gasteiger partial charge in [0.15, 0.2) is 0 Å². The van der Waals surface area contributed by atoms with Gasteiger partial charge in [-0.1, -0.05) is 0 Å². The standard InChI is InChI=1S/C12H12N2O2/c1-16-12(15)9-4-5-10-6-13-11(8-2-3-8)14(10)7-9/h4-8H,2-3H2,1H3. The molecule has 2 aromatic heterocycles. The lowest BCUT2D eigenvalue weighted by Crippen LogP contribution is -2.03. The molecular weight excluding hydrogens is 204 g/mol. The number of carbonyl (C=O) groups is 1. The van der Waals surface area contributed by atoms with E-state index in [1.165, 1.54) is 20.0 Å². The number of hydrogen-bond donors (Lipinski definition) is 0. The van der Waals surface area contributed by atoms with E-state index in [-0.39, 0.29) is 5.97 Å². The molecular formula is C12H12N2O2. The molecule has 1 aliphatic carbocycles. The number of esters is 1. The Morgan fingerprint density at radius 3 is 3.00 bits per heavy atom. The Labute approximate surface area is 92.9 Å². The zero-order valence-corrected chi connectivity index (χ0v) is 9.01. The Morgan fingerprint density at radius 2 is 2.31 bits per heavy atom. The molecule has 0 unspecified atom stereocenters. The molecule has 82 valence electrons. The van der Waals surface area contributed by atoms with Gasteiger partial charge in [-0.15, -0.1) is 0 Å². The van der Waals surface area contributed by atoms with E-state index in [9.17, 15) is 4.79 Å². The van der Waals surface area contributed by atoms with E-state index < -0.39 is 0 Å². The van der Waals surface area contributed by atoms with Crippen LogP contribution in [0.1, 0.15) is 34.9 Å². The minimum atomic E-state index is -0.308. The number of carbonyl (C=O) groups excluding carboxylic acids is 1. The Morgan fingerprint density at radius 1 is 1.50 bits per heavy atom. The summed E-state index contributed by atoms with van der Waals surface area (Å²) in [6, 6.07) is 3.66. The quantitative estimate of drug-likeness (QED) is 0.721. The molecule has 1 aliphatic rings. The largest absolute Gasteiger partial charge is 0.465 e. The first-order chi connectivity index (χ1) is 7.79. The van der Waals surface area contributed by atoms with Gasteiger partial charge in [0.05, 0.1) is 24.4 Å². The summed E-state index contributed by atoms with van der Waals surface area (Å²) in [5.41, 5.74) is 1.59. The third-order valence-corrected chi connectivity index (χ3v) is 2.92. The van der Waals surface area contributed by atoms with Crippen molar-refractivity contribution < 1.29 is 9.53 Å². The van der Waals surface area contributed by atoms with Crippen LogP contribution >= 0.6 is 0 Å². The van der Waals surface area contributed by atoms with Crippen LogP contribution in [0.5, 0.6) is 0 Å². The number of imidazole rings is 1. The normalized spacial score (nSPS) is 15.3. The van der Waals surface area contributed by atoms with Gasteiger partial charge in [-0.2, -0.15) is 0 Å². The number of rotatable bonds is 2. The molecule has 1 saturated carbocycles. The molecule has 4 nitrogen and oxygen atoms in total. The summed E-state index contributed by atoms with van der Waals surface area (Å²) < 4.78 is 6.70. The number of methoxy groups -OCH3 is 1. The summed E-state index contributed by atoms with van der Waals surface area (Å²) in [5.74, 6) is 1.31. The second kappa shape index (κ2) is 3.33. The van der Waals surface area contributed by atoms with E-state index in [0.29, 0.717) is 11.5 Å². The van der Waals surface area contributed by atoms with Crippen LogP contribution in [0.2, 0.25) is 0 Å². The number of fused-ring (bicyclic) bond motifs is 1. The first-order valence-electron chi connectivity index (χ1n) is 5.35. The number of hydrogen-bond acceptors (Lipinski definition) is 3. The molecule has 0 aromatic carbocycles. The Bertz CT molecular complexity index is 555. The Balaban J connectivity index is 2.13. The van der Waals surface area contributed by atoms with Crippen molar-refractivity contribution in [3.05, 3.63) is 35.9 Å². The van der Waals surface area contributed by atoms with Crippen LogP contribution in [0.3, 0.4) is 0 Å². The third-order valence-electron chi connectivity index (χ3n) is 2.92. The summed E-state index contributed by atoms with van der Waals surface area (Å²) in [4.78, 5) is 15.8. The van der Waals surface area contributed by atoms with Gasteiger partial charge < -0.3 is 9.14 Å². The van der Waals surface area contributed by atoms with Crippen LogP contribution in [-0.2, 0) is 4.74 Å². The first kappa shape index (κ1) is 9.39. The fourth-order valence-corrected chi connectivity index (χ4v) is 1.89. The lowest BCUT2D eigenvalue weighted by Gasteiger charge is -2.02. The van der Waals surface area contributed by atoms with Gasteiger partial charge >= 0.3 is 5.97 Å². The first-order valence-corrected chi connectivity index (χ1v) is 5.35. The molecule has 0 N–H and O–H groups in total. The molecule has 16 heavy (non-hydrogen) atoms. The molecule has 0 radical (unpaired) electrons. The summed E-state index contributed by atoms with van der Waals surface area (Å²) in [6.45, 7) is 0. The zero-order valence-electron chi connectivity index (χ0n) is 9.01. The summed E-state index contributed by atoms with van der Waals surface area (Å²) in [7, 11) is 1.39. The maximum Gasteiger partial charge on any atom is 0.339 e. The minimum Gasteiger partial charge on any atom is -0.465 e. The monoisotopic (exact) mass is 216 g/mol. The lowest BCUT2D eigenvalue weighted by atomic mass is 10.2. The van der Waals surface area contributed by atoms with Crippen LogP contribution in [-0.4, -0.2) is 22.5 Å². The fraction of sp³-hybridized carbons (Fsp3) is 0.333. The average molecular weight is 216 g/mol. The molecule has 0 saturated heterocycles. The van der Waals surface area contributed by atoms with E-state index in [2.05, 4.69) is 4.98 Å². The van der Waals surface area contributed by atoms with Crippen molar-refractivity contribution in [3.8, 4) is 0 Å². The average Bonchev–Trinajstić information content (AvgIpc) is 3.08. The number of aromatic nitrogens is 2. The molecule has 4 heteroatoms. The Hall–Kier alpha value is -1.84. The SMILES string of the molecule is COC(=O)c1ccc2cnc(C3CC3)n2c1. The maximum absolute atomic E-state index is 11.4. The van der Waals surface area contributed by atoms with Crippen LogP contribution in [0.15, 0.2) is 24.5 Å². The lowest BCUT2D eigenvalue weighted by molar-refractivity contribution is 0.0600. The van der Waals surface area contributed by atoms with Gasteiger partial charge in [-0.25, -0.2) is 9.78 Å². The van der Waals surface area contributed by atoms with E-state index >= 15 is 0 Å². The molecule has 0 spiro atoms. The highest BCUT2D eigenvalue weighted by Crippen LogP contribution is 2.39. The predicted molar refractivity (Wildman–Crippen MR) is 58.5 cm³/mol. The maximum atomic E-state index is 11.4. The van der Waals surface area contributed by atoms with E-state index in [0.717, 1.165) is 11.3 Å². The second-order valence-corrected chi connectivity index (χ2v) is 4.09. The second-order valence-electron chi connectivity index (χ2n) is 4.09. The smallest absolute Gasteiger partial charge is 0.339 e. The highest BCUT2D eigenvalue weighted by Gasteiger charge is 2.27. The van der Waals surface area contributed by atoms with Crippen molar-refractivity contribution in [2.75, 3.05) is 7.11 Å². The van der Waals surface area contributed by atoms with Crippen molar-refractivity contribution in [3.63, 3.8) is 0 Å². The summed E-state index contributed by atoms with van der Waals surface area (Å²) in [5, 5.41) is 0. The number of pyridine rings is 1. The van der Waals surface area contributed by atoms with Gasteiger partial charge in [0.1, 0.15) is 5.82 Å². The summed E-state index contributed by atoms with van der Waals surface area (Å²) >= 11 is 0. The van der Waals surface area contributed by atoms with Crippen LogP contribution in [0, 0.1) is 0 Å². The van der Waals surface area contributed by atoms with E-state index in [4.69, 9.17) is 4.74 Å². The molecule has 3 rings (SSSR count). The molecule has 0 aliphatic heterocycles. The third kappa shape index (κ3) is 1.38. The van der Waals surface area contributed by atoms with E-state index in [1.807, 2.05) is 22.9 Å². The van der Waals surface area contributed by atoms with Crippen molar-refractivity contribution >= 4 is 11.5 Å². The van der Waals surface area contributed by atoms with Gasteiger partial charge in [-0.3, -0.25) is 0 Å². The number of ether oxygens (including phenoxy) is 1. The molecule has 2 aromatic rings. The molecule has 0 bridgehead atoms. The van der Waals surface area contributed by atoms with Crippen molar-refractivity contribution in [1.82, 2.24) is 9.38 Å². The van der Waals surface area contributed by atoms with Gasteiger partial charge in [0.25, 0.3) is 0 Å². The Kier molecular flexibility index (Phi) is 1.96. The summed E-state index contributed by atoms with van der Waals surface area (Å²) in [6.07, 6.45) is 6.04. The van der Waals surface area contributed by atoms with Gasteiger partial charge in [0, 0.05) is 12.1 Å². The van der Waals surface area contributed by atoms with Crippen LogP contribution in [0.4, 0.5) is 0 Å². The van der Waals surface area contributed by atoms with Crippen molar-refractivity contribution in [2.24, 2.45) is 0 Å². The highest BCUT2D eigenvalue weighted by molar-refractivity contribution is 5.89. The van der Waals surface area contributed by atoms with Crippen LogP contribution in [0.25, 0.3) is 5.52 Å². The molecule has 0 amide bonds. The van der Waals surface area contributed by atoms with Crippen LogP contribution < -0.4 is 0 Å². The molecule has 0 atom stereocenters. The van der Waals surface area contributed by atoms with Gasteiger partial charge in [0.2, 0.25) is 0 Å². The topological polar surface area (TPSA) is 43.6 Å². The molecule has 2 heterocycles. The predicted octanol–water partition coefficient (Wildman–Crippen LogP) is 2.00.